The number of rotatable bonds is 6. The van der Waals surface area contributed by atoms with Gasteiger partial charge in [-0.1, -0.05) is 6.92 Å². The molecule has 2 rings (SSSR count). The first-order valence-electron chi connectivity index (χ1n) is 6.78. The summed E-state index contributed by atoms with van der Waals surface area (Å²) in [6, 6.07) is 0. The number of likely N-dealkylation sites (N-methyl/N-ethyl adjacent to an activating group) is 1. The maximum absolute atomic E-state index is 5.19. The fraction of sp³-hybridized carbons (Fsp3) is 0.769. The van der Waals surface area contributed by atoms with Gasteiger partial charge in [0.15, 0.2) is 0 Å². The quantitative estimate of drug-likeness (QED) is 0.812. The molecule has 1 aromatic rings. The summed E-state index contributed by atoms with van der Waals surface area (Å²) in [5.74, 6) is 0.750. The van der Waals surface area contributed by atoms with Gasteiger partial charge in [0.1, 0.15) is 5.01 Å². The van der Waals surface area contributed by atoms with Gasteiger partial charge < -0.3 is 9.64 Å². The second-order valence-corrected chi connectivity index (χ2v) is 6.26. The van der Waals surface area contributed by atoms with Crippen LogP contribution in [-0.2, 0) is 23.6 Å². The molecule has 1 aromatic heterocycles. The second-order valence-electron chi connectivity index (χ2n) is 4.78. The van der Waals surface area contributed by atoms with E-state index < -0.39 is 0 Å². The lowest BCUT2D eigenvalue weighted by molar-refractivity contribution is 0.131. The third-order valence-electron chi connectivity index (χ3n) is 3.52. The van der Waals surface area contributed by atoms with Crippen molar-refractivity contribution in [2.24, 2.45) is 0 Å². The number of methoxy groups -OCH3 is 1. The molecule has 0 atom stereocenters. The van der Waals surface area contributed by atoms with Gasteiger partial charge in [-0.25, -0.2) is 4.98 Å². The summed E-state index contributed by atoms with van der Waals surface area (Å²) >= 11 is 6.15. The summed E-state index contributed by atoms with van der Waals surface area (Å²) in [7, 11) is 1.71. The highest BCUT2D eigenvalue weighted by atomic mass is 32.1. The molecule has 6 heteroatoms. The zero-order valence-electron chi connectivity index (χ0n) is 11.8. The lowest BCUT2D eigenvalue weighted by Gasteiger charge is -2.33. The van der Waals surface area contributed by atoms with Crippen LogP contribution in [0.5, 0.6) is 0 Å². The van der Waals surface area contributed by atoms with Gasteiger partial charge in [0, 0.05) is 43.9 Å². The SMILES string of the molecule is CCN1CCN(Cc2nc(COC)c(CS)s2)CC1. The Morgan fingerprint density at radius 1 is 1.26 bits per heavy atom. The largest absolute Gasteiger partial charge is 0.378 e. The number of ether oxygens (including phenoxy) is 1. The molecule has 4 nitrogen and oxygen atoms in total. The molecule has 1 aliphatic heterocycles. The molecule has 0 saturated carbocycles. The minimum atomic E-state index is 0.593. The fourth-order valence-electron chi connectivity index (χ4n) is 2.33. The number of thiol groups is 1. The maximum Gasteiger partial charge on any atom is 0.107 e. The highest BCUT2D eigenvalue weighted by molar-refractivity contribution is 7.79. The third kappa shape index (κ3) is 4.16. The van der Waals surface area contributed by atoms with Crippen LogP contribution in [0.3, 0.4) is 0 Å². The van der Waals surface area contributed by atoms with Crippen LogP contribution in [0.15, 0.2) is 0 Å². The van der Waals surface area contributed by atoms with E-state index in [1.165, 1.54) is 23.0 Å². The van der Waals surface area contributed by atoms with Crippen molar-refractivity contribution in [1.29, 1.82) is 0 Å². The van der Waals surface area contributed by atoms with Crippen LogP contribution in [0.1, 0.15) is 22.5 Å². The number of hydrogen-bond donors (Lipinski definition) is 1. The van der Waals surface area contributed by atoms with E-state index in [-0.39, 0.29) is 0 Å². The summed E-state index contributed by atoms with van der Waals surface area (Å²) in [6.45, 7) is 9.58. The Bertz CT molecular complexity index is 389. The molecule has 19 heavy (non-hydrogen) atoms. The van der Waals surface area contributed by atoms with Gasteiger partial charge in [0.2, 0.25) is 0 Å². The standard InChI is InChI=1S/C13H23N3OS2/c1-3-15-4-6-16(7-5-15)8-13-14-11(9-17-2)12(10-18)19-13/h18H,3-10H2,1-2H3. The third-order valence-corrected chi connectivity index (χ3v) is 5.13. The monoisotopic (exact) mass is 301 g/mol. The van der Waals surface area contributed by atoms with Gasteiger partial charge >= 0.3 is 0 Å². The lowest BCUT2D eigenvalue weighted by Crippen LogP contribution is -2.45. The van der Waals surface area contributed by atoms with Crippen LogP contribution >= 0.6 is 24.0 Å². The molecule has 0 amide bonds. The highest BCUT2D eigenvalue weighted by Crippen LogP contribution is 2.22. The van der Waals surface area contributed by atoms with Crippen molar-refractivity contribution in [2.75, 3.05) is 39.8 Å². The molecular weight excluding hydrogens is 278 g/mol. The Hall–Kier alpha value is -0.140. The average molecular weight is 301 g/mol. The van der Waals surface area contributed by atoms with Crippen molar-refractivity contribution in [1.82, 2.24) is 14.8 Å². The van der Waals surface area contributed by atoms with Crippen LogP contribution in [0, 0.1) is 0 Å². The van der Waals surface area contributed by atoms with Gasteiger partial charge in [0.25, 0.3) is 0 Å². The van der Waals surface area contributed by atoms with Gasteiger partial charge in [-0.3, -0.25) is 4.90 Å². The first kappa shape index (κ1) is 15.3. The van der Waals surface area contributed by atoms with E-state index in [1.807, 2.05) is 0 Å². The van der Waals surface area contributed by atoms with Crippen molar-refractivity contribution < 1.29 is 4.74 Å². The van der Waals surface area contributed by atoms with Crippen LogP contribution in [-0.4, -0.2) is 54.6 Å². The number of piperazine rings is 1. The van der Waals surface area contributed by atoms with Crippen molar-refractivity contribution >= 4 is 24.0 Å². The Kier molecular flexibility index (Phi) is 6.09. The minimum absolute atomic E-state index is 0.593. The van der Waals surface area contributed by atoms with E-state index in [9.17, 15) is 0 Å². The van der Waals surface area contributed by atoms with E-state index in [4.69, 9.17) is 9.72 Å². The van der Waals surface area contributed by atoms with Gasteiger partial charge in [-0.15, -0.1) is 11.3 Å². The number of hydrogen-bond acceptors (Lipinski definition) is 6. The smallest absolute Gasteiger partial charge is 0.107 e. The summed E-state index contributed by atoms with van der Waals surface area (Å²) < 4.78 is 5.19. The molecular formula is C13H23N3OS2. The van der Waals surface area contributed by atoms with E-state index in [2.05, 4.69) is 29.4 Å². The van der Waals surface area contributed by atoms with E-state index >= 15 is 0 Å². The number of nitrogens with zero attached hydrogens (tertiary/aromatic N) is 3. The maximum atomic E-state index is 5.19. The van der Waals surface area contributed by atoms with Crippen LogP contribution < -0.4 is 0 Å². The molecule has 2 heterocycles. The van der Waals surface area contributed by atoms with Gasteiger partial charge in [-0.05, 0) is 6.54 Å². The molecule has 0 N–H and O–H groups in total. The van der Waals surface area contributed by atoms with Crippen molar-refractivity contribution in [3.05, 3.63) is 15.6 Å². The zero-order chi connectivity index (χ0) is 13.7. The summed E-state index contributed by atoms with van der Waals surface area (Å²) in [4.78, 5) is 10.9. The first-order valence-corrected chi connectivity index (χ1v) is 8.23. The van der Waals surface area contributed by atoms with Gasteiger partial charge in [0.05, 0.1) is 18.8 Å². The fourth-order valence-corrected chi connectivity index (χ4v) is 3.68. The van der Waals surface area contributed by atoms with Crippen molar-refractivity contribution in [3.63, 3.8) is 0 Å². The number of aromatic nitrogens is 1. The molecule has 1 fully saturated rings. The predicted octanol–water partition coefficient (Wildman–Crippen LogP) is 1.86. The summed E-state index contributed by atoms with van der Waals surface area (Å²) in [5.41, 5.74) is 1.06. The Balaban J connectivity index is 1.92. The van der Waals surface area contributed by atoms with Crippen LogP contribution in [0.2, 0.25) is 0 Å². The number of thiazole rings is 1. The van der Waals surface area contributed by atoms with Crippen molar-refractivity contribution in [2.45, 2.75) is 25.8 Å². The van der Waals surface area contributed by atoms with E-state index in [1.54, 1.807) is 18.4 Å². The van der Waals surface area contributed by atoms with Crippen LogP contribution in [0.25, 0.3) is 0 Å². The Labute approximate surface area is 125 Å². The molecule has 1 aliphatic rings. The first-order chi connectivity index (χ1) is 9.26. The topological polar surface area (TPSA) is 28.6 Å². The molecule has 0 aliphatic carbocycles. The lowest BCUT2D eigenvalue weighted by atomic mass is 10.3. The van der Waals surface area contributed by atoms with E-state index in [0.29, 0.717) is 6.61 Å². The summed E-state index contributed by atoms with van der Waals surface area (Å²) in [5, 5.41) is 1.20. The van der Waals surface area contributed by atoms with Crippen LogP contribution in [0.4, 0.5) is 0 Å². The molecule has 0 aromatic carbocycles. The predicted molar refractivity (Wildman–Crippen MR) is 82.9 cm³/mol. The van der Waals surface area contributed by atoms with Gasteiger partial charge in [-0.2, -0.15) is 12.6 Å². The van der Waals surface area contributed by atoms with Crippen molar-refractivity contribution in [3.8, 4) is 0 Å². The minimum Gasteiger partial charge on any atom is -0.378 e. The highest BCUT2D eigenvalue weighted by Gasteiger charge is 2.18. The molecule has 0 unspecified atom stereocenters. The molecule has 0 spiro atoms. The Morgan fingerprint density at radius 2 is 1.95 bits per heavy atom. The molecule has 0 radical (unpaired) electrons. The molecule has 108 valence electrons. The molecule has 1 saturated heterocycles. The Morgan fingerprint density at radius 3 is 2.53 bits per heavy atom. The molecule has 0 bridgehead atoms. The second kappa shape index (κ2) is 7.59. The summed E-state index contributed by atoms with van der Waals surface area (Å²) in [6.07, 6.45) is 0. The zero-order valence-corrected chi connectivity index (χ0v) is 13.5. The normalized spacial score (nSPS) is 18.1. The van der Waals surface area contributed by atoms with E-state index in [0.717, 1.165) is 37.6 Å². The average Bonchev–Trinajstić information content (AvgIpc) is 2.82.